The molecule has 0 saturated carbocycles. The highest BCUT2D eigenvalue weighted by atomic mass is 14.7. The Bertz CT molecular complexity index is 992. The minimum atomic E-state index is 1.02. The summed E-state index contributed by atoms with van der Waals surface area (Å²) in [6.07, 6.45) is 0. The van der Waals surface area contributed by atoms with Crippen LogP contribution in [0.1, 0.15) is 0 Å². The average molecular weight is 280 g/mol. The number of fused-ring (bicyclic) bond motifs is 4. The van der Waals surface area contributed by atoms with Crippen molar-refractivity contribution in [1.82, 2.24) is 9.97 Å². The van der Waals surface area contributed by atoms with Crippen LogP contribution >= 0.6 is 0 Å². The van der Waals surface area contributed by atoms with Crippen molar-refractivity contribution in [2.75, 3.05) is 0 Å². The maximum absolute atomic E-state index is 4.78. The van der Waals surface area contributed by atoms with E-state index in [-0.39, 0.29) is 0 Å². The molecule has 22 heavy (non-hydrogen) atoms. The molecule has 0 amide bonds. The van der Waals surface area contributed by atoms with Gasteiger partial charge >= 0.3 is 0 Å². The molecule has 2 aromatic heterocycles. The highest BCUT2D eigenvalue weighted by Gasteiger charge is 2.04. The van der Waals surface area contributed by atoms with Gasteiger partial charge in [-0.05, 0) is 36.4 Å². The Morgan fingerprint density at radius 2 is 0.864 bits per heavy atom. The van der Waals surface area contributed by atoms with Crippen molar-refractivity contribution in [1.29, 1.82) is 0 Å². The van der Waals surface area contributed by atoms with Crippen molar-refractivity contribution in [3.05, 3.63) is 72.8 Å². The number of hydrogen-bond donors (Lipinski definition) is 0. The van der Waals surface area contributed by atoms with Crippen molar-refractivity contribution in [2.45, 2.75) is 0 Å². The molecule has 0 aliphatic rings. The largest absolute Gasteiger partial charge is 0.248 e. The van der Waals surface area contributed by atoms with Crippen molar-refractivity contribution in [2.24, 2.45) is 0 Å². The monoisotopic (exact) mass is 280 g/mol. The fraction of sp³-hybridized carbons (Fsp3) is 0. The number of benzene rings is 3. The zero-order valence-corrected chi connectivity index (χ0v) is 11.8. The summed E-state index contributed by atoms with van der Waals surface area (Å²) in [6, 6.07) is 25.1. The van der Waals surface area contributed by atoms with Crippen LogP contribution in [0.25, 0.3) is 43.6 Å². The molecule has 0 unspecified atom stereocenters. The summed E-state index contributed by atoms with van der Waals surface area (Å²) in [5, 5.41) is 4.59. The Labute approximate surface area is 127 Å². The fourth-order valence-corrected chi connectivity index (χ4v) is 3.05. The summed E-state index contributed by atoms with van der Waals surface area (Å²) in [5.41, 5.74) is 4.10. The van der Waals surface area contributed by atoms with Gasteiger partial charge in [0.15, 0.2) is 0 Å². The van der Waals surface area contributed by atoms with Crippen molar-refractivity contribution in [3.63, 3.8) is 0 Å². The molecule has 0 atom stereocenters. The molecule has 5 aromatic rings. The number of aromatic nitrogens is 2. The molecule has 0 spiro atoms. The third-order valence-corrected chi connectivity index (χ3v) is 4.15. The Balaban J connectivity index is 1.93. The maximum atomic E-state index is 4.78. The van der Waals surface area contributed by atoms with Crippen molar-refractivity contribution >= 4 is 43.6 Å². The molecule has 0 aliphatic carbocycles. The number of hydrogen-bond acceptors (Lipinski definition) is 2. The molecule has 0 saturated heterocycles. The van der Waals surface area contributed by atoms with E-state index < -0.39 is 0 Å². The molecule has 0 fully saturated rings. The number of nitrogens with zero attached hydrogens (tertiary/aromatic N) is 2. The Morgan fingerprint density at radius 1 is 0.409 bits per heavy atom. The van der Waals surface area contributed by atoms with Gasteiger partial charge in [-0.25, -0.2) is 9.97 Å². The second kappa shape index (κ2) is 4.25. The van der Waals surface area contributed by atoms with Gasteiger partial charge in [0, 0.05) is 21.5 Å². The molecule has 5 rings (SSSR count). The lowest BCUT2D eigenvalue weighted by molar-refractivity contribution is 1.48. The molecule has 3 aromatic carbocycles. The SMILES string of the molecule is c1ccc2nc3cc4cc5ccccc5nc4cc3cc2c1. The molecule has 2 heterocycles. The normalized spacial score (nSPS) is 11.6. The zero-order chi connectivity index (χ0) is 14.5. The standard InChI is InChI=1S/C20H12N2/c1-3-7-17-13(5-1)9-15-11-20-16(12-19(15)21-17)10-14-6-2-4-8-18(14)22-20/h1-12H. The van der Waals surface area contributed by atoms with Crippen LogP contribution in [-0.2, 0) is 0 Å². The van der Waals surface area contributed by atoms with Crippen molar-refractivity contribution < 1.29 is 0 Å². The van der Waals surface area contributed by atoms with Crippen LogP contribution in [0.4, 0.5) is 0 Å². The Kier molecular flexibility index (Phi) is 2.25. The number of pyridine rings is 2. The maximum Gasteiger partial charge on any atom is 0.0717 e. The molecule has 0 N–H and O–H groups in total. The van der Waals surface area contributed by atoms with Gasteiger partial charge in [-0.15, -0.1) is 0 Å². The lowest BCUT2D eigenvalue weighted by Crippen LogP contribution is -1.86. The molecule has 0 radical (unpaired) electrons. The van der Waals surface area contributed by atoms with Gasteiger partial charge in [-0.3, -0.25) is 0 Å². The molecule has 0 aliphatic heterocycles. The third-order valence-electron chi connectivity index (χ3n) is 4.15. The Hall–Kier alpha value is -3.00. The van der Waals surface area contributed by atoms with E-state index in [1.54, 1.807) is 0 Å². The first-order valence-electron chi connectivity index (χ1n) is 7.36. The second-order valence-electron chi connectivity index (χ2n) is 5.60. The predicted molar refractivity (Wildman–Crippen MR) is 92.1 cm³/mol. The van der Waals surface area contributed by atoms with E-state index >= 15 is 0 Å². The van der Waals surface area contributed by atoms with E-state index in [0.29, 0.717) is 0 Å². The number of para-hydroxylation sites is 2. The van der Waals surface area contributed by atoms with Gasteiger partial charge in [-0.1, -0.05) is 36.4 Å². The van der Waals surface area contributed by atoms with Gasteiger partial charge in [0.25, 0.3) is 0 Å². The molecule has 0 bridgehead atoms. The third kappa shape index (κ3) is 1.67. The van der Waals surface area contributed by atoms with Gasteiger partial charge in [-0.2, -0.15) is 0 Å². The molecular formula is C20H12N2. The number of rotatable bonds is 0. The van der Waals surface area contributed by atoms with Gasteiger partial charge in [0.2, 0.25) is 0 Å². The van der Waals surface area contributed by atoms with Crippen LogP contribution in [0.2, 0.25) is 0 Å². The zero-order valence-electron chi connectivity index (χ0n) is 11.8. The van der Waals surface area contributed by atoms with E-state index in [1.807, 2.05) is 24.3 Å². The van der Waals surface area contributed by atoms with E-state index in [1.165, 1.54) is 0 Å². The van der Waals surface area contributed by atoms with E-state index in [0.717, 1.165) is 43.6 Å². The lowest BCUT2D eigenvalue weighted by atomic mass is 10.1. The Morgan fingerprint density at radius 3 is 1.36 bits per heavy atom. The summed E-state index contributed by atoms with van der Waals surface area (Å²) < 4.78 is 0. The molecule has 2 nitrogen and oxygen atoms in total. The minimum Gasteiger partial charge on any atom is -0.248 e. The average Bonchev–Trinajstić information content (AvgIpc) is 2.56. The molecule has 2 heteroatoms. The van der Waals surface area contributed by atoms with Gasteiger partial charge in [0.1, 0.15) is 0 Å². The van der Waals surface area contributed by atoms with E-state index in [4.69, 9.17) is 9.97 Å². The van der Waals surface area contributed by atoms with Gasteiger partial charge < -0.3 is 0 Å². The highest BCUT2D eigenvalue weighted by Crippen LogP contribution is 2.26. The predicted octanol–water partition coefficient (Wildman–Crippen LogP) is 5.09. The summed E-state index contributed by atoms with van der Waals surface area (Å²) in [5.74, 6) is 0. The van der Waals surface area contributed by atoms with Gasteiger partial charge in [0.05, 0.1) is 22.1 Å². The summed E-state index contributed by atoms with van der Waals surface area (Å²) in [7, 11) is 0. The fourth-order valence-electron chi connectivity index (χ4n) is 3.05. The van der Waals surface area contributed by atoms with E-state index in [9.17, 15) is 0 Å². The van der Waals surface area contributed by atoms with Crippen LogP contribution in [0.5, 0.6) is 0 Å². The summed E-state index contributed by atoms with van der Waals surface area (Å²) in [4.78, 5) is 9.56. The highest BCUT2D eigenvalue weighted by molar-refractivity contribution is 6.02. The van der Waals surface area contributed by atoms with Crippen molar-refractivity contribution in [3.8, 4) is 0 Å². The van der Waals surface area contributed by atoms with Crippen LogP contribution in [-0.4, -0.2) is 9.97 Å². The quantitative estimate of drug-likeness (QED) is 0.369. The lowest BCUT2D eigenvalue weighted by Gasteiger charge is -2.05. The van der Waals surface area contributed by atoms with Crippen LogP contribution in [0.15, 0.2) is 72.8 Å². The first-order valence-corrected chi connectivity index (χ1v) is 7.36. The summed E-state index contributed by atoms with van der Waals surface area (Å²) in [6.45, 7) is 0. The summed E-state index contributed by atoms with van der Waals surface area (Å²) >= 11 is 0. The first kappa shape index (κ1) is 11.6. The second-order valence-corrected chi connectivity index (χ2v) is 5.60. The van der Waals surface area contributed by atoms with Crippen LogP contribution < -0.4 is 0 Å². The first-order chi connectivity index (χ1) is 10.9. The van der Waals surface area contributed by atoms with Crippen LogP contribution in [0.3, 0.4) is 0 Å². The smallest absolute Gasteiger partial charge is 0.0717 e. The molecule has 102 valence electrons. The van der Waals surface area contributed by atoms with Crippen LogP contribution in [0, 0.1) is 0 Å². The topological polar surface area (TPSA) is 25.8 Å². The minimum absolute atomic E-state index is 1.02. The van der Waals surface area contributed by atoms with E-state index in [2.05, 4.69) is 48.5 Å². The molecular weight excluding hydrogens is 268 g/mol.